The Morgan fingerprint density at radius 2 is 1.83 bits per heavy atom. The molecule has 1 aliphatic heterocycles. The van der Waals surface area contributed by atoms with Crippen LogP contribution in [0.4, 0.5) is 17.6 Å². The molecule has 1 aliphatic rings. The predicted molar refractivity (Wildman–Crippen MR) is 58.8 cm³/mol. The van der Waals surface area contributed by atoms with E-state index in [-0.39, 0.29) is 12.6 Å². The summed E-state index contributed by atoms with van der Waals surface area (Å²) in [6, 6.07) is -0.122. The maximum atomic E-state index is 12.7. The molecular weight excluding hydrogens is 252 g/mol. The van der Waals surface area contributed by atoms with E-state index in [1.165, 1.54) is 0 Å². The maximum absolute atomic E-state index is 12.7. The second-order valence-corrected chi connectivity index (χ2v) is 4.58. The van der Waals surface area contributed by atoms with Gasteiger partial charge in [0.1, 0.15) is 0 Å². The zero-order chi connectivity index (χ0) is 13.8. The molecule has 1 fully saturated rings. The molecule has 1 heterocycles. The van der Waals surface area contributed by atoms with E-state index in [9.17, 15) is 22.4 Å². The molecule has 1 saturated heterocycles. The van der Waals surface area contributed by atoms with Crippen molar-refractivity contribution < 1.29 is 22.4 Å². The molecule has 7 heteroatoms. The number of nitrogens with one attached hydrogen (secondary N) is 1. The summed E-state index contributed by atoms with van der Waals surface area (Å²) >= 11 is 0. The summed E-state index contributed by atoms with van der Waals surface area (Å²) in [6.45, 7) is 3.44. The molecule has 106 valence electrons. The van der Waals surface area contributed by atoms with Crippen LogP contribution in [0.15, 0.2) is 0 Å². The Kier molecular flexibility index (Phi) is 5.37. The number of carbonyl (C=O) groups is 1. The third kappa shape index (κ3) is 3.83. The Labute approximate surface area is 104 Å². The van der Waals surface area contributed by atoms with Crippen LogP contribution in [0.1, 0.15) is 26.2 Å². The van der Waals surface area contributed by atoms with Crippen molar-refractivity contribution in [3.05, 3.63) is 0 Å². The molecule has 1 amide bonds. The number of hydrogen-bond acceptors (Lipinski definition) is 2. The number of nitrogens with zero attached hydrogens (tertiary/aromatic N) is 1. The van der Waals surface area contributed by atoms with Gasteiger partial charge in [0.15, 0.2) is 0 Å². The SMILES string of the molecule is CC(CNC(=O)C(F)(F)C(F)F)N1CCCCC1. The number of alkyl halides is 4. The van der Waals surface area contributed by atoms with Gasteiger partial charge in [-0.1, -0.05) is 6.42 Å². The monoisotopic (exact) mass is 270 g/mol. The van der Waals surface area contributed by atoms with Gasteiger partial charge < -0.3 is 5.32 Å². The van der Waals surface area contributed by atoms with Gasteiger partial charge in [0.2, 0.25) is 0 Å². The summed E-state index contributed by atoms with van der Waals surface area (Å²) in [5.41, 5.74) is 0. The van der Waals surface area contributed by atoms with Gasteiger partial charge in [0, 0.05) is 12.6 Å². The van der Waals surface area contributed by atoms with Crippen LogP contribution in [0, 0.1) is 0 Å². The summed E-state index contributed by atoms with van der Waals surface area (Å²) < 4.78 is 49.2. The lowest BCUT2D eigenvalue weighted by molar-refractivity contribution is -0.169. The van der Waals surface area contributed by atoms with Crippen molar-refractivity contribution in [2.24, 2.45) is 0 Å². The third-order valence-electron chi connectivity index (χ3n) is 3.15. The van der Waals surface area contributed by atoms with E-state index in [4.69, 9.17) is 0 Å². The van der Waals surface area contributed by atoms with E-state index in [1.807, 2.05) is 5.32 Å². The largest absolute Gasteiger partial charge is 0.383 e. The molecule has 1 N–H and O–H groups in total. The van der Waals surface area contributed by atoms with Crippen molar-refractivity contribution in [3.63, 3.8) is 0 Å². The van der Waals surface area contributed by atoms with E-state index >= 15 is 0 Å². The van der Waals surface area contributed by atoms with E-state index in [0.717, 1.165) is 32.4 Å². The quantitative estimate of drug-likeness (QED) is 0.774. The summed E-state index contributed by atoms with van der Waals surface area (Å²) in [4.78, 5) is 13.0. The van der Waals surface area contributed by atoms with Crippen molar-refractivity contribution in [2.75, 3.05) is 19.6 Å². The topological polar surface area (TPSA) is 32.3 Å². The Balaban J connectivity index is 2.37. The summed E-state index contributed by atoms with van der Waals surface area (Å²) in [6.07, 6.45) is -0.765. The first-order chi connectivity index (χ1) is 8.35. The lowest BCUT2D eigenvalue weighted by Gasteiger charge is -2.32. The van der Waals surface area contributed by atoms with E-state index in [2.05, 4.69) is 4.90 Å². The maximum Gasteiger partial charge on any atom is 0.383 e. The van der Waals surface area contributed by atoms with Crippen molar-refractivity contribution in [2.45, 2.75) is 44.6 Å². The number of hydrogen-bond donors (Lipinski definition) is 1. The highest BCUT2D eigenvalue weighted by atomic mass is 19.3. The molecule has 18 heavy (non-hydrogen) atoms. The average Bonchev–Trinajstić information content (AvgIpc) is 2.36. The summed E-state index contributed by atoms with van der Waals surface area (Å²) in [7, 11) is 0. The first kappa shape index (κ1) is 15.2. The second-order valence-electron chi connectivity index (χ2n) is 4.58. The van der Waals surface area contributed by atoms with Crippen LogP contribution in [0.2, 0.25) is 0 Å². The molecule has 1 rings (SSSR count). The van der Waals surface area contributed by atoms with Crippen molar-refractivity contribution >= 4 is 5.91 Å². The van der Waals surface area contributed by atoms with Gasteiger partial charge in [0.05, 0.1) is 0 Å². The molecule has 0 aromatic heterocycles. The Morgan fingerprint density at radius 1 is 1.28 bits per heavy atom. The number of rotatable bonds is 5. The molecule has 0 aliphatic carbocycles. The number of carbonyl (C=O) groups excluding carboxylic acids is 1. The third-order valence-corrected chi connectivity index (χ3v) is 3.15. The Bertz CT molecular complexity index is 280. The minimum atomic E-state index is -4.61. The molecular formula is C11H18F4N2O. The van der Waals surface area contributed by atoms with Gasteiger partial charge in [-0.3, -0.25) is 9.69 Å². The molecule has 0 aromatic carbocycles. The highest BCUT2D eigenvalue weighted by molar-refractivity contribution is 5.83. The molecule has 0 saturated carbocycles. The van der Waals surface area contributed by atoms with Gasteiger partial charge >= 0.3 is 12.3 Å². The van der Waals surface area contributed by atoms with E-state index < -0.39 is 18.3 Å². The zero-order valence-corrected chi connectivity index (χ0v) is 10.3. The zero-order valence-electron chi connectivity index (χ0n) is 10.3. The van der Waals surface area contributed by atoms with Gasteiger partial charge in [-0.25, -0.2) is 8.78 Å². The van der Waals surface area contributed by atoms with Crippen molar-refractivity contribution in [3.8, 4) is 0 Å². The Morgan fingerprint density at radius 3 is 2.33 bits per heavy atom. The highest BCUT2D eigenvalue weighted by Crippen LogP contribution is 2.22. The van der Waals surface area contributed by atoms with Crippen LogP contribution in [0.25, 0.3) is 0 Å². The minimum Gasteiger partial charge on any atom is -0.349 e. The van der Waals surface area contributed by atoms with Crippen LogP contribution in [-0.2, 0) is 4.79 Å². The van der Waals surface area contributed by atoms with Crippen molar-refractivity contribution in [1.82, 2.24) is 10.2 Å². The normalized spacial score (nSPS) is 19.9. The van der Waals surface area contributed by atoms with E-state index in [1.54, 1.807) is 6.92 Å². The van der Waals surface area contributed by atoms with Crippen LogP contribution in [-0.4, -0.2) is 48.8 Å². The average molecular weight is 270 g/mol. The summed E-state index contributed by atoms with van der Waals surface area (Å²) in [5.74, 6) is -6.51. The number of amides is 1. The van der Waals surface area contributed by atoms with Gasteiger partial charge in [-0.2, -0.15) is 8.78 Å². The minimum absolute atomic E-state index is 0.0405. The van der Waals surface area contributed by atoms with Crippen LogP contribution >= 0.6 is 0 Å². The van der Waals surface area contributed by atoms with Crippen LogP contribution < -0.4 is 5.32 Å². The van der Waals surface area contributed by atoms with Gasteiger partial charge in [-0.15, -0.1) is 0 Å². The molecule has 0 radical (unpaired) electrons. The van der Waals surface area contributed by atoms with Gasteiger partial charge in [0.25, 0.3) is 5.91 Å². The number of likely N-dealkylation sites (tertiary alicyclic amines) is 1. The fraction of sp³-hybridized carbons (Fsp3) is 0.909. The first-order valence-corrected chi connectivity index (χ1v) is 6.04. The lowest BCUT2D eigenvalue weighted by atomic mass is 10.1. The molecule has 1 unspecified atom stereocenters. The fourth-order valence-corrected chi connectivity index (χ4v) is 1.95. The van der Waals surface area contributed by atoms with Crippen molar-refractivity contribution in [1.29, 1.82) is 0 Å². The molecule has 0 bridgehead atoms. The van der Waals surface area contributed by atoms with E-state index in [0.29, 0.717) is 0 Å². The second kappa shape index (κ2) is 6.36. The first-order valence-electron chi connectivity index (χ1n) is 6.04. The van der Waals surface area contributed by atoms with Crippen LogP contribution in [0.5, 0.6) is 0 Å². The highest BCUT2D eigenvalue weighted by Gasteiger charge is 2.48. The molecule has 3 nitrogen and oxygen atoms in total. The fourth-order valence-electron chi connectivity index (χ4n) is 1.95. The van der Waals surface area contributed by atoms with Gasteiger partial charge in [-0.05, 0) is 32.9 Å². The van der Waals surface area contributed by atoms with Crippen LogP contribution in [0.3, 0.4) is 0 Å². The number of halogens is 4. The lowest BCUT2D eigenvalue weighted by Crippen LogP contribution is -2.50. The standard InChI is InChI=1S/C11H18F4N2O/c1-8(17-5-3-2-4-6-17)7-16-10(18)11(14,15)9(12)13/h8-9H,2-7H2,1H3,(H,16,18). The summed E-state index contributed by atoms with van der Waals surface area (Å²) in [5, 5.41) is 1.89. The number of piperidine rings is 1. The Hall–Kier alpha value is -0.850. The predicted octanol–water partition coefficient (Wildman–Crippen LogP) is 1.88. The molecule has 0 aromatic rings. The molecule has 1 atom stereocenters. The smallest absolute Gasteiger partial charge is 0.349 e. The molecule has 0 spiro atoms.